The molecule has 5 nitrogen and oxygen atoms in total. The first kappa shape index (κ1) is 18.0. The van der Waals surface area contributed by atoms with E-state index in [4.69, 9.17) is 4.74 Å². The van der Waals surface area contributed by atoms with Crippen LogP contribution < -0.4 is 4.74 Å². The van der Waals surface area contributed by atoms with Gasteiger partial charge in [-0.15, -0.1) is 0 Å². The molecule has 2 amide bonds. The second kappa shape index (κ2) is 9.04. The summed E-state index contributed by atoms with van der Waals surface area (Å²) in [5.74, 6) is 0.887. The lowest BCUT2D eigenvalue weighted by atomic mass is 10.2. The van der Waals surface area contributed by atoms with Gasteiger partial charge in [0.2, 0.25) is 5.91 Å². The van der Waals surface area contributed by atoms with E-state index in [0.717, 1.165) is 12.2 Å². The van der Waals surface area contributed by atoms with Gasteiger partial charge in [0.1, 0.15) is 5.75 Å². The van der Waals surface area contributed by atoms with Gasteiger partial charge in [0.15, 0.2) is 0 Å². The molecule has 0 unspecified atom stereocenters. The molecule has 0 aliphatic carbocycles. The minimum absolute atomic E-state index is 0.0345. The van der Waals surface area contributed by atoms with Crippen LogP contribution in [0.4, 0.5) is 0 Å². The molecule has 1 fully saturated rings. The smallest absolute Gasteiger partial charge is 0.253 e. The molecule has 3 rings (SSSR count). The molecule has 136 valence electrons. The fourth-order valence-corrected chi connectivity index (χ4v) is 3.06. The summed E-state index contributed by atoms with van der Waals surface area (Å²) in [6, 6.07) is 18.8. The summed E-state index contributed by atoms with van der Waals surface area (Å²) in [5, 5.41) is 0. The summed E-state index contributed by atoms with van der Waals surface area (Å²) in [4.78, 5) is 28.7. The summed E-state index contributed by atoms with van der Waals surface area (Å²) < 4.78 is 5.60. The molecule has 1 heterocycles. The first-order valence-electron chi connectivity index (χ1n) is 9.04. The minimum Gasteiger partial charge on any atom is -0.493 e. The molecule has 5 heteroatoms. The highest BCUT2D eigenvalue weighted by Gasteiger charge is 2.22. The average Bonchev–Trinajstić information content (AvgIpc) is 2.95. The highest BCUT2D eigenvalue weighted by Crippen LogP contribution is 2.11. The van der Waals surface area contributed by atoms with Crippen molar-refractivity contribution >= 4 is 11.8 Å². The third-order valence-electron chi connectivity index (χ3n) is 4.48. The zero-order valence-corrected chi connectivity index (χ0v) is 14.8. The Hall–Kier alpha value is -2.82. The van der Waals surface area contributed by atoms with Gasteiger partial charge in [0.25, 0.3) is 5.91 Å². The zero-order chi connectivity index (χ0) is 18.2. The SMILES string of the molecule is O=C(CCOc1ccccc1)N1CCCN(C(=O)c2ccccc2)CC1. The number of amides is 2. The predicted octanol–water partition coefficient (Wildman–Crippen LogP) is 2.83. The summed E-state index contributed by atoms with van der Waals surface area (Å²) in [6.45, 7) is 2.87. The van der Waals surface area contributed by atoms with Crippen molar-refractivity contribution < 1.29 is 14.3 Å². The van der Waals surface area contributed by atoms with Crippen molar-refractivity contribution in [3.05, 3.63) is 66.2 Å². The van der Waals surface area contributed by atoms with E-state index in [0.29, 0.717) is 44.8 Å². The Labute approximate surface area is 154 Å². The van der Waals surface area contributed by atoms with Crippen LogP contribution in [-0.4, -0.2) is 54.4 Å². The lowest BCUT2D eigenvalue weighted by molar-refractivity contribution is -0.131. The molecular formula is C21H24N2O3. The van der Waals surface area contributed by atoms with Crippen LogP contribution in [0.15, 0.2) is 60.7 Å². The third-order valence-corrected chi connectivity index (χ3v) is 4.48. The molecule has 26 heavy (non-hydrogen) atoms. The van der Waals surface area contributed by atoms with Gasteiger partial charge < -0.3 is 14.5 Å². The van der Waals surface area contributed by atoms with Crippen LogP contribution in [0.1, 0.15) is 23.2 Å². The quantitative estimate of drug-likeness (QED) is 0.831. The first-order valence-corrected chi connectivity index (χ1v) is 9.04. The number of nitrogens with zero attached hydrogens (tertiary/aromatic N) is 2. The maximum absolute atomic E-state index is 12.6. The Kier molecular flexibility index (Phi) is 6.25. The Morgan fingerprint density at radius 3 is 2.15 bits per heavy atom. The van der Waals surface area contributed by atoms with Gasteiger partial charge in [-0.05, 0) is 30.7 Å². The molecule has 2 aromatic rings. The summed E-state index contributed by atoms with van der Waals surface area (Å²) in [5.41, 5.74) is 0.698. The van der Waals surface area contributed by atoms with Crippen molar-refractivity contribution in [2.45, 2.75) is 12.8 Å². The second-order valence-corrected chi connectivity index (χ2v) is 6.30. The molecule has 1 saturated heterocycles. The van der Waals surface area contributed by atoms with Gasteiger partial charge in [-0.1, -0.05) is 36.4 Å². The van der Waals surface area contributed by atoms with Crippen LogP contribution in [0.3, 0.4) is 0 Å². The van der Waals surface area contributed by atoms with Crippen LogP contribution in [-0.2, 0) is 4.79 Å². The van der Waals surface area contributed by atoms with Crippen molar-refractivity contribution in [2.24, 2.45) is 0 Å². The number of ether oxygens (including phenoxy) is 1. The van der Waals surface area contributed by atoms with Gasteiger partial charge in [-0.25, -0.2) is 0 Å². The van der Waals surface area contributed by atoms with Crippen molar-refractivity contribution in [3.63, 3.8) is 0 Å². The van der Waals surface area contributed by atoms with Gasteiger partial charge in [-0.2, -0.15) is 0 Å². The zero-order valence-electron chi connectivity index (χ0n) is 14.8. The van der Waals surface area contributed by atoms with Crippen LogP contribution in [0.2, 0.25) is 0 Å². The Bertz CT molecular complexity index is 719. The van der Waals surface area contributed by atoms with Crippen LogP contribution >= 0.6 is 0 Å². The molecule has 0 spiro atoms. The molecule has 0 bridgehead atoms. The van der Waals surface area contributed by atoms with Crippen molar-refractivity contribution in [2.75, 3.05) is 32.8 Å². The second-order valence-electron chi connectivity index (χ2n) is 6.30. The lowest BCUT2D eigenvalue weighted by Crippen LogP contribution is -2.37. The fraction of sp³-hybridized carbons (Fsp3) is 0.333. The Balaban J connectivity index is 1.47. The van der Waals surface area contributed by atoms with Gasteiger partial charge in [0, 0.05) is 31.7 Å². The largest absolute Gasteiger partial charge is 0.493 e. The van der Waals surface area contributed by atoms with E-state index in [2.05, 4.69) is 0 Å². The maximum Gasteiger partial charge on any atom is 0.253 e. The lowest BCUT2D eigenvalue weighted by Gasteiger charge is -2.22. The molecule has 0 N–H and O–H groups in total. The topological polar surface area (TPSA) is 49.9 Å². The molecule has 1 aliphatic heterocycles. The van der Waals surface area contributed by atoms with E-state index >= 15 is 0 Å². The number of benzene rings is 2. The molecular weight excluding hydrogens is 328 g/mol. The molecule has 0 radical (unpaired) electrons. The monoisotopic (exact) mass is 352 g/mol. The highest BCUT2D eigenvalue weighted by molar-refractivity contribution is 5.94. The van der Waals surface area contributed by atoms with Gasteiger partial charge >= 0.3 is 0 Å². The van der Waals surface area contributed by atoms with E-state index < -0.39 is 0 Å². The fourth-order valence-electron chi connectivity index (χ4n) is 3.06. The van der Waals surface area contributed by atoms with Crippen LogP contribution in [0.5, 0.6) is 5.75 Å². The van der Waals surface area contributed by atoms with E-state index in [-0.39, 0.29) is 11.8 Å². The van der Waals surface area contributed by atoms with Crippen molar-refractivity contribution in [3.8, 4) is 5.75 Å². The standard InChI is InChI=1S/C21H24N2O3/c24-20(12-17-26-19-10-5-2-6-11-19)22-13-7-14-23(16-15-22)21(25)18-8-3-1-4-9-18/h1-6,8-11H,7,12-17H2. The molecule has 1 aliphatic rings. The highest BCUT2D eigenvalue weighted by atomic mass is 16.5. The Morgan fingerprint density at radius 2 is 1.42 bits per heavy atom. The summed E-state index contributed by atoms with van der Waals surface area (Å²) in [7, 11) is 0. The van der Waals surface area contributed by atoms with E-state index in [1.165, 1.54) is 0 Å². The normalized spacial score (nSPS) is 14.6. The van der Waals surface area contributed by atoms with Crippen molar-refractivity contribution in [1.29, 1.82) is 0 Å². The molecule has 0 atom stereocenters. The number of carbonyl (C=O) groups excluding carboxylic acids is 2. The number of hydrogen-bond donors (Lipinski definition) is 0. The van der Waals surface area contributed by atoms with Gasteiger partial charge in [-0.3, -0.25) is 9.59 Å². The number of hydrogen-bond acceptors (Lipinski definition) is 3. The van der Waals surface area contributed by atoms with Gasteiger partial charge in [0.05, 0.1) is 13.0 Å². The first-order chi connectivity index (χ1) is 12.7. The number of carbonyl (C=O) groups is 2. The minimum atomic E-state index is 0.0345. The average molecular weight is 352 g/mol. The summed E-state index contributed by atoms with van der Waals surface area (Å²) in [6.07, 6.45) is 1.14. The van der Waals surface area contributed by atoms with E-state index in [1.807, 2.05) is 70.5 Å². The predicted molar refractivity (Wildman–Crippen MR) is 100 cm³/mol. The third kappa shape index (κ3) is 4.85. The van der Waals surface area contributed by atoms with E-state index in [9.17, 15) is 9.59 Å². The number of para-hydroxylation sites is 1. The molecule has 0 saturated carbocycles. The molecule has 0 aromatic heterocycles. The summed E-state index contributed by atoms with van der Waals surface area (Å²) >= 11 is 0. The van der Waals surface area contributed by atoms with Crippen LogP contribution in [0, 0.1) is 0 Å². The Morgan fingerprint density at radius 1 is 0.808 bits per heavy atom. The molecule has 2 aromatic carbocycles. The number of rotatable bonds is 5. The van der Waals surface area contributed by atoms with Crippen LogP contribution in [0.25, 0.3) is 0 Å². The van der Waals surface area contributed by atoms with E-state index in [1.54, 1.807) is 0 Å². The maximum atomic E-state index is 12.6. The van der Waals surface area contributed by atoms with Crippen molar-refractivity contribution in [1.82, 2.24) is 9.80 Å².